The van der Waals surface area contributed by atoms with E-state index in [9.17, 15) is 9.59 Å². The monoisotopic (exact) mass is 404 g/mol. The van der Waals surface area contributed by atoms with E-state index in [0.717, 1.165) is 37.6 Å². The molecule has 2 N–H and O–H groups in total. The molecule has 1 aromatic rings. The van der Waals surface area contributed by atoms with Gasteiger partial charge in [0, 0.05) is 26.7 Å². The van der Waals surface area contributed by atoms with Gasteiger partial charge in [-0.3, -0.25) is 9.59 Å². The quantitative estimate of drug-likeness (QED) is 0.744. The Morgan fingerprint density at radius 2 is 1.97 bits per heavy atom. The molecule has 0 radical (unpaired) electrons. The predicted molar refractivity (Wildman–Crippen MR) is 116 cm³/mol. The van der Waals surface area contributed by atoms with E-state index >= 15 is 0 Å². The largest absolute Gasteiger partial charge is 0.357 e. The van der Waals surface area contributed by atoms with Crippen LogP contribution in [0.2, 0.25) is 0 Å². The highest BCUT2D eigenvalue weighted by Crippen LogP contribution is 2.23. The Morgan fingerprint density at radius 1 is 1.28 bits per heavy atom. The van der Waals surface area contributed by atoms with Crippen molar-refractivity contribution in [1.82, 2.24) is 30.0 Å². The Hall–Kier alpha value is -2.19. The third kappa shape index (κ3) is 5.90. The van der Waals surface area contributed by atoms with E-state index in [-0.39, 0.29) is 11.8 Å². The first-order valence-electron chi connectivity index (χ1n) is 10.2. The highest BCUT2D eigenvalue weighted by atomic mass is 16.2. The summed E-state index contributed by atoms with van der Waals surface area (Å²) >= 11 is 0. The number of fused-ring (bicyclic) bond motifs is 1. The topological polar surface area (TPSA) is 82.5 Å². The van der Waals surface area contributed by atoms with Crippen molar-refractivity contribution in [1.29, 1.82) is 0 Å². The molecule has 0 saturated carbocycles. The highest BCUT2D eigenvalue weighted by Gasteiger charge is 2.34. The molecule has 0 saturated heterocycles. The van der Waals surface area contributed by atoms with Gasteiger partial charge in [-0.2, -0.15) is 0 Å². The van der Waals surface area contributed by atoms with Crippen molar-refractivity contribution in [3.05, 3.63) is 23.3 Å². The lowest BCUT2D eigenvalue weighted by molar-refractivity contribution is -0.124. The molecule has 0 unspecified atom stereocenters. The third-order valence-corrected chi connectivity index (χ3v) is 5.05. The molecule has 2 heterocycles. The van der Waals surface area contributed by atoms with Crippen molar-refractivity contribution in [2.24, 2.45) is 5.41 Å². The van der Waals surface area contributed by atoms with Crippen LogP contribution in [0.3, 0.4) is 0 Å². The summed E-state index contributed by atoms with van der Waals surface area (Å²) < 4.78 is 2.14. The number of carbonyl (C=O) groups is 2. The number of rotatable bonds is 6. The molecule has 162 valence electrons. The van der Waals surface area contributed by atoms with Crippen LogP contribution in [0.5, 0.6) is 0 Å². The van der Waals surface area contributed by atoms with Gasteiger partial charge < -0.3 is 25.0 Å². The molecule has 0 spiro atoms. The lowest BCUT2D eigenvalue weighted by Crippen LogP contribution is -2.53. The zero-order chi connectivity index (χ0) is 21.8. The summed E-state index contributed by atoms with van der Waals surface area (Å²) in [6, 6.07) is -0.645. The fourth-order valence-corrected chi connectivity index (χ4v) is 3.45. The Kier molecular flexibility index (Phi) is 7.60. The molecule has 1 aliphatic heterocycles. The number of amides is 2. The van der Waals surface area contributed by atoms with Crippen LogP contribution in [0.15, 0.2) is 6.08 Å². The maximum atomic E-state index is 13.2. The number of hydrogen-bond acceptors (Lipinski definition) is 5. The molecular weight excluding hydrogens is 368 g/mol. The minimum Gasteiger partial charge on any atom is -0.357 e. The highest BCUT2D eigenvalue weighted by molar-refractivity contribution is 5.97. The second kappa shape index (κ2) is 9.54. The average molecular weight is 405 g/mol. The van der Waals surface area contributed by atoms with Crippen LogP contribution < -0.4 is 10.6 Å². The van der Waals surface area contributed by atoms with Crippen molar-refractivity contribution < 1.29 is 9.59 Å². The van der Waals surface area contributed by atoms with E-state index in [1.807, 2.05) is 54.1 Å². The van der Waals surface area contributed by atoms with Gasteiger partial charge in [0.25, 0.3) is 5.91 Å². The van der Waals surface area contributed by atoms with Crippen molar-refractivity contribution in [2.75, 3.05) is 41.3 Å². The van der Waals surface area contributed by atoms with Gasteiger partial charge in [0.15, 0.2) is 5.69 Å². The number of hydrogen-bond donors (Lipinski definition) is 2. The Balaban J connectivity index is 2.40. The van der Waals surface area contributed by atoms with Crippen molar-refractivity contribution >= 4 is 17.9 Å². The molecule has 0 bridgehead atoms. The summed E-state index contributed by atoms with van der Waals surface area (Å²) in [6.45, 7) is 9.04. The van der Waals surface area contributed by atoms with Gasteiger partial charge in [-0.1, -0.05) is 26.8 Å². The molecule has 8 nitrogen and oxygen atoms in total. The number of carbonyl (C=O) groups excluding carboxylic acids is 2. The summed E-state index contributed by atoms with van der Waals surface area (Å²) in [7, 11) is 7.65. The minimum atomic E-state index is -0.645. The van der Waals surface area contributed by atoms with E-state index < -0.39 is 11.5 Å². The number of nitrogens with zero attached hydrogens (tertiary/aromatic N) is 4. The van der Waals surface area contributed by atoms with Gasteiger partial charge in [0.05, 0.1) is 5.69 Å². The van der Waals surface area contributed by atoms with Gasteiger partial charge in [-0.15, -0.1) is 0 Å². The van der Waals surface area contributed by atoms with Gasteiger partial charge in [-0.25, -0.2) is 4.98 Å². The van der Waals surface area contributed by atoms with E-state index in [2.05, 4.69) is 30.0 Å². The summed E-state index contributed by atoms with van der Waals surface area (Å²) in [5, 5.41) is 5.57. The van der Waals surface area contributed by atoms with E-state index in [1.54, 1.807) is 7.05 Å². The molecule has 1 atom stereocenters. The SMILES string of the molecule is CNC(=O)[C@@H](NC(=O)c1nc(C=CCN(C)C)n2c1CN(C)CCC2)C(C)(C)C. The van der Waals surface area contributed by atoms with E-state index in [0.29, 0.717) is 12.2 Å². The fraction of sp³-hybridized carbons (Fsp3) is 0.667. The van der Waals surface area contributed by atoms with Gasteiger partial charge >= 0.3 is 0 Å². The van der Waals surface area contributed by atoms with E-state index in [1.165, 1.54) is 0 Å². The summed E-state index contributed by atoms with van der Waals surface area (Å²) in [6.07, 6.45) is 5.03. The maximum Gasteiger partial charge on any atom is 0.272 e. The number of aromatic nitrogens is 2. The summed E-state index contributed by atoms with van der Waals surface area (Å²) in [5.41, 5.74) is 0.885. The Labute approximate surface area is 174 Å². The fourth-order valence-electron chi connectivity index (χ4n) is 3.45. The smallest absolute Gasteiger partial charge is 0.272 e. The number of imidazole rings is 1. The van der Waals surface area contributed by atoms with E-state index in [4.69, 9.17) is 0 Å². The van der Waals surface area contributed by atoms with Crippen molar-refractivity contribution in [3.8, 4) is 0 Å². The lowest BCUT2D eigenvalue weighted by Gasteiger charge is -2.29. The number of nitrogens with one attached hydrogen (secondary N) is 2. The maximum absolute atomic E-state index is 13.2. The lowest BCUT2D eigenvalue weighted by atomic mass is 9.86. The molecule has 0 aliphatic carbocycles. The second-order valence-corrected chi connectivity index (χ2v) is 9.06. The third-order valence-electron chi connectivity index (χ3n) is 5.05. The van der Waals surface area contributed by atoms with Crippen molar-refractivity contribution in [2.45, 2.75) is 46.3 Å². The normalized spacial score (nSPS) is 16.6. The molecule has 1 aromatic heterocycles. The van der Waals surface area contributed by atoms with Crippen molar-refractivity contribution in [3.63, 3.8) is 0 Å². The summed E-state index contributed by atoms with van der Waals surface area (Å²) in [4.78, 5) is 34.5. The Bertz CT molecular complexity index is 760. The van der Waals surface area contributed by atoms with Crippen LogP contribution in [0.1, 0.15) is 49.2 Å². The number of likely N-dealkylation sites (N-methyl/N-ethyl adjacent to an activating group) is 2. The summed E-state index contributed by atoms with van der Waals surface area (Å²) in [5.74, 6) is 0.272. The van der Waals surface area contributed by atoms with Crippen LogP contribution in [0.25, 0.3) is 6.08 Å². The van der Waals surface area contributed by atoms with Crippen LogP contribution in [0, 0.1) is 5.41 Å². The average Bonchev–Trinajstić information content (AvgIpc) is 2.83. The second-order valence-electron chi connectivity index (χ2n) is 9.06. The van der Waals surface area contributed by atoms with Gasteiger partial charge in [0.1, 0.15) is 11.9 Å². The molecule has 0 fully saturated rings. The molecule has 2 rings (SSSR count). The molecule has 8 heteroatoms. The molecular formula is C21H36N6O2. The first-order chi connectivity index (χ1) is 13.5. The van der Waals surface area contributed by atoms with Crippen LogP contribution >= 0.6 is 0 Å². The molecule has 29 heavy (non-hydrogen) atoms. The van der Waals surface area contributed by atoms with Gasteiger partial charge in [0.2, 0.25) is 5.91 Å². The zero-order valence-electron chi connectivity index (χ0n) is 18.9. The first-order valence-corrected chi connectivity index (χ1v) is 10.2. The van der Waals surface area contributed by atoms with Crippen LogP contribution in [0.4, 0.5) is 0 Å². The van der Waals surface area contributed by atoms with Crippen LogP contribution in [-0.4, -0.2) is 78.5 Å². The Morgan fingerprint density at radius 3 is 2.55 bits per heavy atom. The molecule has 1 aliphatic rings. The zero-order valence-corrected chi connectivity index (χ0v) is 18.9. The predicted octanol–water partition coefficient (Wildman–Crippen LogP) is 1.18. The molecule has 2 amide bonds. The van der Waals surface area contributed by atoms with Crippen LogP contribution in [-0.2, 0) is 17.9 Å². The first kappa shape index (κ1) is 23.1. The standard InChI is InChI=1S/C21H36N6O2/c1-21(2,3)18(20(29)22-4)24-19(28)17-15-14-26(7)12-9-13-27(15)16(23-17)10-8-11-25(5)6/h8,10,18H,9,11-14H2,1-7H3,(H,22,29)(H,24,28)/t18-/m1/s1. The molecule has 0 aromatic carbocycles. The van der Waals surface area contributed by atoms with Gasteiger partial charge in [-0.05, 0) is 45.6 Å². The minimum absolute atomic E-state index is 0.209.